The number of likely N-dealkylation sites (N-methyl/N-ethyl adjacent to an activating group) is 2. The van der Waals surface area contributed by atoms with Crippen LogP contribution < -0.4 is 22.5 Å². The summed E-state index contributed by atoms with van der Waals surface area (Å²) >= 11 is 0. The van der Waals surface area contributed by atoms with Crippen LogP contribution in [-0.2, 0) is 4.79 Å². The van der Waals surface area contributed by atoms with E-state index in [4.69, 9.17) is 4.74 Å². The van der Waals surface area contributed by atoms with Crippen molar-refractivity contribution in [3.8, 4) is 11.5 Å². The van der Waals surface area contributed by atoms with Crippen molar-refractivity contribution < 1.29 is 31.5 Å². The molecule has 1 heterocycles. The van der Waals surface area contributed by atoms with E-state index >= 15 is 0 Å². The van der Waals surface area contributed by atoms with E-state index in [9.17, 15) is 9.90 Å². The first kappa shape index (κ1) is 19.5. The van der Waals surface area contributed by atoms with Gasteiger partial charge in [0.1, 0.15) is 11.5 Å². The number of piperazine rings is 1. The molecule has 2 N–H and O–H groups in total. The Morgan fingerprint density at radius 2 is 2.00 bits per heavy atom. The Morgan fingerprint density at radius 1 is 1.39 bits per heavy atom. The number of benzene rings is 1. The molecular weight excluding hydrogens is 318 g/mol. The number of amides is 1. The number of nitrogens with zero attached hydrogens (tertiary/aromatic N) is 2. The van der Waals surface area contributed by atoms with Crippen molar-refractivity contribution >= 4 is 11.6 Å². The van der Waals surface area contributed by atoms with E-state index in [1.54, 1.807) is 19.2 Å². The summed E-state index contributed by atoms with van der Waals surface area (Å²) in [5.41, 5.74) is 1.23. The maximum Gasteiger partial charge on any atom is 0.279 e. The summed E-state index contributed by atoms with van der Waals surface area (Å²) < 4.78 is 5.95. The number of anilines is 1. The molecule has 0 atom stereocenters. The molecule has 1 aliphatic heterocycles. The van der Waals surface area contributed by atoms with Crippen LogP contribution >= 0.6 is 0 Å². The minimum absolute atomic E-state index is 0. The highest BCUT2D eigenvalue weighted by molar-refractivity contribution is 5.93. The molecule has 1 saturated heterocycles. The third-order valence-electron chi connectivity index (χ3n) is 4.36. The maximum absolute atomic E-state index is 12.3. The van der Waals surface area contributed by atoms with Crippen LogP contribution in [0.1, 0.15) is 5.56 Å². The van der Waals surface area contributed by atoms with Crippen LogP contribution in [0.2, 0.25) is 0 Å². The zero-order valence-electron chi connectivity index (χ0n) is 14.2. The average molecular weight is 344 g/mol. The number of nitrogens with one attached hydrogen (secondary N) is 1. The first-order chi connectivity index (χ1) is 10.3. The molecule has 0 radical (unpaired) electrons. The molecule has 130 valence electrons. The molecule has 0 aromatic heterocycles. The van der Waals surface area contributed by atoms with Gasteiger partial charge in [0, 0.05) is 19.2 Å². The van der Waals surface area contributed by atoms with Crippen LogP contribution in [0, 0.1) is 6.92 Å². The van der Waals surface area contributed by atoms with Crippen molar-refractivity contribution in [2.45, 2.75) is 6.92 Å². The first-order valence-corrected chi connectivity index (χ1v) is 7.52. The number of phenolic OH excluding ortho intramolecular Hbond substituents is 1. The fourth-order valence-electron chi connectivity index (χ4n) is 2.74. The lowest BCUT2D eigenvalue weighted by atomic mass is 10.2. The number of phenols is 1. The third kappa shape index (κ3) is 4.99. The second-order valence-corrected chi connectivity index (χ2v) is 6.42. The zero-order valence-corrected chi connectivity index (χ0v) is 15.0. The van der Waals surface area contributed by atoms with E-state index in [1.807, 2.05) is 6.92 Å². The summed E-state index contributed by atoms with van der Waals surface area (Å²) in [5.74, 6) is 0.619. The van der Waals surface area contributed by atoms with Crippen LogP contribution in [-0.4, -0.2) is 74.3 Å². The first-order valence-electron chi connectivity index (χ1n) is 7.52. The normalized spacial score (nSPS) is 17.2. The molecule has 0 spiro atoms. The smallest absolute Gasteiger partial charge is 0.279 e. The van der Waals surface area contributed by atoms with Gasteiger partial charge in [0.15, 0.2) is 6.54 Å². The lowest BCUT2D eigenvalue weighted by Gasteiger charge is -2.40. The molecule has 1 fully saturated rings. The summed E-state index contributed by atoms with van der Waals surface area (Å²) in [7, 11) is 5.77. The van der Waals surface area contributed by atoms with Crippen molar-refractivity contribution in [2.75, 3.05) is 59.2 Å². The third-order valence-corrected chi connectivity index (χ3v) is 4.36. The second-order valence-electron chi connectivity index (χ2n) is 6.42. The van der Waals surface area contributed by atoms with Gasteiger partial charge in [-0.2, -0.15) is 0 Å². The highest BCUT2D eigenvalue weighted by Gasteiger charge is 2.29. The van der Waals surface area contributed by atoms with E-state index in [0.29, 0.717) is 18.0 Å². The van der Waals surface area contributed by atoms with E-state index in [2.05, 4.69) is 24.3 Å². The summed E-state index contributed by atoms with van der Waals surface area (Å²) in [5, 5.41) is 12.8. The highest BCUT2D eigenvalue weighted by Crippen LogP contribution is 2.31. The molecule has 1 aliphatic rings. The molecule has 0 unspecified atom stereocenters. The maximum atomic E-state index is 12.3. The van der Waals surface area contributed by atoms with Gasteiger partial charge >= 0.3 is 0 Å². The number of hydrogen-bond acceptors (Lipinski definition) is 4. The van der Waals surface area contributed by atoms with E-state index in [1.165, 1.54) is 0 Å². The van der Waals surface area contributed by atoms with Gasteiger partial charge in [0.05, 0.1) is 32.9 Å². The number of halogens is 1. The quantitative estimate of drug-likeness (QED) is 0.492. The number of carbonyl (C=O) groups excluding carboxylic acids is 1. The number of methoxy groups -OCH3 is 1. The number of aromatic hydroxyl groups is 1. The fourth-order valence-corrected chi connectivity index (χ4v) is 2.74. The number of rotatable bonds is 4. The minimum Gasteiger partial charge on any atom is -1.00 e. The number of hydrogen-bond donors (Lipinski definition) is 2. The Morgan fingerprint density at radius 3 is 2.57 bits per heavy atom. The monoisotopic (exact) mass is 343 g/mol. The van der Waals surface area contributed by atoms with Crippen molar-refractivity contribution in [3.63, 3.8) is 0 Å². The van der Waals surface area contributed by atoms with Crippen LogP contribution in [0.4, 0.5) is 5.69 Å². The Kier molecular flexibility index (Phi) is 6.68. The SMILES string of the molecule is COc1cc(NC(=O)C[N+]2(C)CCN(C)CC2)c(O)cc1C.[Cl-]. The molecule has 0 aliphatic carbocycles. The topological polar surface area (TPSA) is 61.8 Å². The summed E-state index contributed by atoms with van der Waals surface area (Å²) in [4.78, 5) is 14.6. The van der Waals surface area contributed by atoms with Gasteiger partial charge in [-0.1, -0.05) is 0 Å². The predicted molar refractivity (Wildman–Crippen MR) is 86.3 cm³/mol. The molecule has 1 aromatic rings. The van der Waals surface area contributed by atoms with E-state index < -0.39 is 0 Å². The van der Waals surface area contributed by atoms with Crippen molar-refractivity contribution in [1.29, 1.82) is 0 Å². The second kappa shape index (κ2) is 7.86. The molecule has 0 bridgehead atoms. The molecule has 0 saturated carbocycles. The van der Waals surface area contributed by atoms with Crippen LogP contribution in [0.5, 0.6) is 11.5 Å². The average Bonchev–Trinajstić information content (AvgIpc) is 2.45. The van der Waals surface area contributed by atoms with Crippen molar-refractivity contribution in [1.82, 2.24) is 4.90 Å². The van der Waals surface area contributed by atoms with Crippen molar-refractivity contribution in [2.24, 2.45) is 0 Å². The van der Waals surface area contributed by atoms with Gasteiger partial charge in [-0.25, -0.2) is 0 Å². The van der Waals surface area contributed by atoms with Crippen LogP contribution in [0.15, 0.2) is 12.1 Å². The van der Waals surface area contributed by atoms with Crippen LogP contribution in [0.25, 0.3) is 0 Å². The Hall–Kier alpha value is -1.50. The number of aryl methyl sites for hydroxylation is 1. The molecule has 23 heavy (non-hydrogen) atoms. The van der Waals surface area contributed by atoms with Crippen LogP contribution in [0.3, 0.4) is 0 Å². The Labute approximate surface area is 144 Å². The standard InChI is InChI=1S/C16H25N3O3.ClH/c1-12-9-14(20)13(10-15(12)22-4)17-16(21)11-19(3)7-5-18(2)6-8-19;/h9-10H,5-8,11H2,1-4H3,(H-,17,20,21);1H. The van der Waals surface area contributed by atoms with Gasteiger partial charge in [-0.3, -0.25) is 9.69 Å². The van der Waals surface area contributed by atoms with Gasteiger partial charge in [-0.05, 0) is 25.6 Å². The van der Waals surface area contributed by atoms with E-state index in [0.717, 1.165) is 36.2 Å². The summed E-state index contributed by atoms with van der Waals surface area (Å²) in [6.45, 7) is 6.14. The number of quaternary nitrogens is 1. The zero-order chi connectivity index (χ0) is 16.3. The Balaban J connectivity index is 0.00000264. The molecule has 7 heteroatoms. The number of ether oxygens (including phenoxy) is 1. The number of carbonyl (C=O) groups is 1. The lowest BCUT2D eigenvalue weighted by molar-refractivity contribution is -0.905. The predicted octanol–water partition coefficient (Wildman–Crippen LogP) is -1.96. The highest BCUT2D eigenvalue weighted by atomic mass is 35.5. The fraction of sp³-hybridized carbons (Fsp3) is 0.562. The lowest BCUT2D eigenvalue weighted by Crippen LogP contribution is -3.00. The van der Waals surface area contributed by atoms with Crippen molar-refractivity contribution in [3.05, 3.63) is 17.7 Å². The molecule has 1 amide bonds. The molecular formula is C16H26ClN3O3. The molecule has 6 nitrogen and oxygen atoms in total. The van der Waals surface area contributed by atoms with E-state index in [-0.39, 0.29) is 24.1 Å². The van der Waals surface area contributed by atoms with Gasteiger partial charge < -0.3 is 32.1 Å². The minimum atomic E-state index is -0.0896. The van der Waals surface area contributed by atoms with Gasteiger partial charge in [0.25, 0.3) is 5.91 Å². The largest absolute Gasteiger partial charge is 1.00 e. The molecule has 1 aromatic carbocycles. The van der Waals surface area contributed by atoms with Gasteiger partial charge in [0.2, 0.25) is 0 Å². The summed E-state index contributed by atoms with van der Waals surface area (Å²) in [6, 6.07) is 3.26. The Bertz CT molecular complexity index is 558. The molecule has 2 rings (SSSR count). The summed E-state index contributed by atoms with van der Waals surface area (Å²) in [6.07, 6.45) is 0. The van der Waals surface area contributed by atoms with Gasteiger partial charge in [-0.15, -0.1) is 0 Å².